The summed E-state index contributed by atoms with van der Waals surface area (Å²) in [4.78, 5) is 22.2. The van der Waals surface area contributed by atoms with Crippen LogP contribution in [-0.4, -0.2) is 16.8 Å². The molecule has 19 heavy (non-hydrogen) atoms. The lowest BCUT2D eigenvalue weighted by atomic mass is 10.1. The zero-order chi connectivity index (χ0) is 13.8. The van der Waals surface area contributed by atoms with Crippen molar-refractivity contribution in [3.63, 3.8) is 0 Å². The third-order valence-corrected chi connectivity index (χ3v) is 3.04. The van der Waals surface area contributed by atoms with Gasteiger partial charge in [-0.1, -0.05) is 12.1 Å². The predicted octanol–water partition coefficient (Wildman–Crippen LogP) is 1.26. The first-order valence-electron chi connectivity index (χ1n) is 5.87. The Kier molecular flexibility index (Phi) is 3.77. The standard InChI is InChI=1S/C14H15N3O2/c1-10-2-7-13(9-18)17(10)8-11-3-5-12(6-4-11)14(19)16-15/h2-7,9H,8,15H2,1H3,(H,16,19). The molecule has 0 aliphatic rings. The molecular formula is C14H15N3O2. The van der Waals surface area contributed by atoms with Crippen molar-refractivity contribution in [2.24, 2.45) is 5.84 Å². The number of nitrogens with two attached hydrogens (primary N) is 1. The number of benzene rings is 1. The number of carbonyl (C=O) groups excluding carboxylic acids is 2. The second kappa shape index (κ2) is 5.49. The normalized spacial score (nSPS) is 10.2. The molecule has 0 radical (unpaired) electrons. The Hall–Kier alpha value is -2.40. The Morgan fingerprint density at radius 3 is 2.53 bits per heavy atom. The van der Waals surface area contributed by atoms with Crippen molar-refractivity contribution in [3.8, 4) is 0 Å². The fourth-order valence-corrected chi connectivity index (χ4v) is 1.94. The number of rotatable bonds is 4. The smallest absolute Gasteiger partial charge is 0.265 e. The molecule has 1 aromatic carbocycles. The number of amides is 1. The summed E-state index contributed by atoms with van der Waals surface area (Å²) in [6.45, 7) is 2.54. The first kappa shape index (κ1) is 13.0. The summed E-state index contributed by atoms with van der Waals surface area (Å²) in [7, 11) is 0. The molecule has 3 N–H and O–H groups in total. The van der Waals surface area contributed by atoms with Gasteiger partial charge in [-0.15, -0.1) is 0 Å². The van der Waals surface area contributed by atoms with Crippen LogP contribution in [0.3, 0.4) is 0 Å². The second-order valence-corrected chi connectivity index (χ2v) is 4.27. The predicted molar refractivity (Wildman–Crippen MR) is 71.8 cm³/mol. The van der Waals surface area contributed by atoms with E-state index in [2.05, 4.69) is 5.43 Å². The number of carbonyl (C=O) groups is 2. The average molecular weight is 257 g/mol. The van der Waals surface area contributed by atoms with Gasteiger partial charge >= 0.3 is 0 Å². The molecule has 0 saturated heterocycles. The van der Waals surface area contributed by atoms with Crippen LogP contribution in [0, 0.1) is 6.92 Å². The number of aryl methyl sites for hydroxylation is 1. The quantitative estimate of drug-likeness (QED) is 0.374. The minimum absolute atomic E-state index is 0.322. The topological polar surface area (TPSA) is 77.1 Å². The number of nitrogens with zero attached hydrogens (tertiary/aromatic N) is 1. The number of nitrogen functional groups attached to an aromatic ring is 1. The van der Waals surface area contributed by atoms with Gasteiger partial charge in [-0.3, -0.25) is 15.0 Å². The summed E-state index contributed by atoms with van der Waals surface area (Å²) in [6, 6.07) is 10.8. The van der Waals surface area contributed by atoms with Gasteiger partial charge in [0.25, 0.3) is 5.91 Å². The molecule has 2 rings (SSSR count). The molecule has 0 spiro atoms. The van der Waals surface area contributed by atoms with Crippen LogP contribution in [0.4, 0.5) is 0 Å². The largest absolute Gasteiger partial charge is 0.338 e. The van der Waals surface area contributed by atoms with E-state index in [0.717, 1.165) is 17.5 Å². The van der Waals surface area contributed by atoms with Crippen molar-refractivity contribution in [2.75, 3.05) is 0 Å². The Balaban J connectivity index is 2.22. The molecule has 98 valence electrons. The highest BCUT2D eigenvalue weighted by molar-refractivity contribution is 5.93. The maximum atomic E-state index is 11.3. The summed E-state index contributed by atoms with van der Waals surface area (Å²) in [5.41, 5.74) is 5.26. The highest BCUT2D eigenvalue weighted by Crippen LogP contribution is 2.12. The molecule has 5 nitrogen and oxygen atoms in total. The molecule has 0 bridgehead atoms. The molecule has 2 aromatic rings. The summed E-state index contributed by atoms with van der Waals surface area (Å²) in [5, 5.41) is 0. The summed E-state index contributed by atoms with van der Waals surface area (Å²) in [5.74, 6) is 4.75. The summed E-state index contributed by atoms with van der Waals surface area (Å²) in [6.07, 6.45) is 0.837. The zero-order valence-electron chi connectivity index (χ0n) is 10.6. The van der Waals surface area contributed by atoms with E-state index in [-0.39, 0.29) is 5.91 Å². The van der Waals surface area contributed by atoms with Crippen LogP contribution in [-0.2, 0) is 6.54 Å². The van der Waals surface area contributed by atoms with Gasteiger partial charge in [-0.2, -0.15) is 0 Å². The van der Waals surface area contributed by atoms with Gasteiger partial charge in [0.2, 0.25) is 0 Å². The highest BCUT2D eigenvalue weighted by atomic mass is 16.2. The molecular weight excluding hydrogens is 242 g/mol. The molecule has 0 saturated carbocycles. The molecule has 0 unspecified atom stereocenters. The Morgan fingerprint density at radius 1 is 1.26 bits per heavy atom. The first-order valence-corrected chi connectivity index (χ1v) is 5.87. The van der Waals surface area contributed by atoms with Gasteiger partial charge in [0, 0.05) is 17.8 Å². The number of hydrogen-bond donors (Lipinski definition) is 2. The van der Waals surface area contributed by atoms with Crippen LogP contribution in [0.1, 0.15) is 32.1 Å². The van der Waals surface area contributed by atoms with Crippen molar-refractivity contribution < 1.29 is 9.59 Å². The van der Waals surface area contributed by atoms with Crippen LogP contribution in [0.15, 0.2) is 36.4 Å². The summed E-state index contributed by atoms with van der Waals surface area (Å²) < 4.78 is 1.92. The minimum atomic E-state index is -0.322. The van der Waals surface area contributed by atoms with Crippen molar-refractivity contribution >= 4 is 12.2 Å². The van der Waals surface area contributed by atoms with Gasteiger partial charge in [-0.05, 0) is 36.8 Å². The highest BCUT2D eigenvalue weighted by Gasteiger charge is 2.06. The van der Waals surface area contributed by atoms with E-state index in [1.807, 2.05) is 29.7 Å². The van der Waals surface area contributed by atoms with Gasteiger partial charge in [-0.25, -0.2) is 5.84 Å². The Bertz CT molecular complexity index is 600. The van der Waals surface area contributed by atoms with Gasteiger partial charge in [0.15, 0.2) is 6.29 Å². The lowest BCUT2D eigenvalue weighted by molar-refractivity contribution is 0.0953. The van der Waals surface area contributed by atoms with Crippen molar-refractivity contribution in [2.45, 2.75) is 13.5 Å². The van der Waals surface area contributed by atoms with Crippen LogP contribution in [0.25, 0.3) is 0 Å². The molecule has 0 fully saturated rings. The number of hydrazine groups is 1. The number of aromatic nitrogens is 1. The lowest BCUT2D eigenvalue weighted by Gasteiger charge is -2.09. The van der Waals surface area contributed by atoms with E-state index in [4.69, 9.17) is 5.84 Å². The third kappa shape index (κ3) is 2.71. The van der Waals surface area contributed by atoms with E-state index >= 15 is 0 Å². The van der Waals surface area contributed by atoms with Gasteiger partial charge in [0.05, 0.1) is 5.69 Å². The maximum absolute atomic E-state index is 11.3. The number of aldehydes is 1. The molecule has 1 aromatic heterocycles. The zero-order valence-corrected chi connectivity index (χ0v) is 10.6. The van der Waals surface area contributed by atoms with E-state index in [1.165, 1.54) is 0 Å². The van der Waals surface area contributed by atoms with Gasteiger partial charge < -0.3 is 4.57 Å². The van der Waals surface area contributed by atoms with Crippen LogP contribution in [0.2, 0.25) is 0 Å². The fourth-order valence-electron chi connectivity index (χ4n) is 1.94. The SMILES string of the molecule is Cc1ccc(C=O)n1Cc1ccc(C(=O)NN)cc1. The summed E-state index contributed by atoms with van der Waals surface area (Å²) >= 11 is 0. The van der Waals surface area contributed by atoms with Gasteiger partial charge in [0.1, 0.15) is 0 Å². The monoisotopic (exact) mass is 257 g/mol. The van der Waals surface area contributed by atoms with Crippen LogP contribution >= 0.6 is 0 Å². The average Bonchev–Trinajstić information content (AvgIpc) is 2.79. The van der Waals surface area contributed by atoms with Crippen molar-refractivity contribution in [1.82, 2.24) is 9.99 Å². The van der Waals surface area contributed by atoms with Crippen LogP contribution in [0.5, 0.6) is 0 Å². The Labute approximate surface area is 111 Å². The van der Waals surface area contributed by atoms with E-state index in [0.29, 0.717) is 17.8 Å². The Morgan fingerprint density at radius 2 is 1.95 bits per heavy atom. The molecule has 0 aliphatic heterocycles. The molecule has 0 atom stereocenters. The fraction of sp³-hybridized carbons (Fsp3) is 0.143. The van der Waals surface area contributed by atoms with E-state index in [9.17, 15) is 9.59 Å². The first-order chi connectivity index (χ1) is 9.15. The molecule has 5 heteroatoms. The minimum Gasteiger partial charge on any atom is -0.338 e. The van der Waals surface area contributed by atoms with Crippen molar-refractivity contribution in [3.05, 3.63) is 58.9 Å². The van der Waals surface area contributed by atoms with E-state index < -0.39 is 0 Å². The second-order valence-electron chi connectivity index (χ2n) is 4.27. The third-order valence-electron chi connectivity index (χ3n) is 3.04. The van der Waals surface area contributed by atoms with Crippen molar-refractivity contribution in [1.29, 1.82) is 0 Å². The molecule has 1 amide bonds. The number of nitrogens with one attached hydrogen (secondary N) is 1. The molecule has 0 aliphatic carbocycles. The van der Waals surface area contributed by atoms with Crippen LogP contribution < -0.4 is 11.3 Å². The molecule has 1 heterocycles. The lowest BCUT2D eigenvalue weighted by Crippen LogP contribution is -2.29. The maximum Gasteiger partial charge on any atom is 0.265 e. The van der Waals surface area contributed by atoms with E-state index in [1.54, 1.807) is 18.2 Å². The number of hydrogen-bond acceptors (Lipinski definition) is 3.